The first-order valence-corrected chi connectivity index (χ1v) is 6.63. The lowest BCUT2D eigenvalue weighted by molar-refractivity contribution is 0.100. The van der Waals surface area contributed by atoms with Crippen LogP contribution in [0.15, 0.2) is 18.2 Å². The van der Waals surface area contributed by atoms with E-state index in [1.165, 1.54) is 37.7 Å². The van der Waals surface area contributed by atoms with Crippen LogP contribution >= 0.6 is 11.6 Å². The van der Waals surface area contributed by atoms with Crippen LogP contribution in [-0.4, -0.2) is 12.3 Å². The lowest BCUT2D eigenvalue weighted by atomic mass is 9.84. The van der Waals surface area contributed by atoms with E-state index in [2.05, 4.69) is 0 Å². The van der Waals surface area contributed by atoms with Crippen molar-refractivity contribution in [2.24, 2.45) is 5.73 Å². The van der Waals surface area contributed by atoms with Gasteiger partial charge in [-0.05, 0) is 30.4 Å². The van der Waals surface area contributed by atoms with Gasteiger partial charge in [-0.3, -0.25) is 4.79 Å². The van der Waals surface area contributed by atoms with Crippen LogP contribution in [-0.2, 0) is 0 Å². The second kappa shape index (κ2) is 5.65. The highest BCUT2D eigenvalue weighted by Crippen LogP contribution is 2.36. The van der Waals surface area contributed by atoms with E-state index in [4.69, 9.17) is 17.3 Å². The number of carbonyl (C=O) groups is 1. The van der Waals surface area contributed by atoms with Gasteiger partial charge < -0.3 is 5.73 Å². The van der Waals surface area contributed by atoms with Crippen LogP contribution in [0, 0.1) is 0 Å². The van der Waals surface area contributed by atoms with Crippen molar-refractivity contribution < 1.29 is 4.79 Å². The summed E-state index contributed by atoms with van der Waals surface area (Å²) in [5.41, 5.74) is 7.16. The summed E-state index contributed by atoms with van der Waals surface area (Å²) in [6.45, 7) is 0.0408. The number of halogens is 1. The van der Waals surface area contributed by atoms with Crippen molar-refractivity contribution >= 4 is 17.4 Å². The van der Waals surface area contributed by atoms with Crippen molar-refractivity contribution in [3.8, 4) is 0 Å². The lowest BCUT2D eigenvalue weighted by Gasteiger charge is -2.23. The summed E-state index contributed by atoms with van der Waals surface area (Å²) in [6.07, 6.45) is 6.32. The van der Waals surface area contributed by atoms with Crippen molar-refractivity contribution in [3.05, 3.63) is 34.3 Å². The fourth-order valence-electron chi connectivity index (χ4n) is 2.56. The SMILES string of the molecule is NCC(=O)c1ccc(C2CCCCC2)c(Cl)c1. The molecule has 2 nitrogen and oxygen atoms in total. The van der Waals surface area contributed by atoms with Crippen LogP contribution < -0.4 is 5.73 Å². The maximum absolute atomic E-state index is 11.5. The van der Waals surface area contributed by atoms with Gasteiger partial charge in [0.15, 0.2) is 5.78 Å². The molecule has 0 aliphatic heterocycles. The standard InChI is InChI=1S/C14H18ClNO/c15-13-8-11(14(17)9-16)6-7-12(13)10-4-2-1-3-5-10/h6-8,10H,1-5,9,16H2. The van der Waals surface area contributed by atoms with Gasteiger partial charge in [-0.15, -0.1) is 0 Å². The fourth-order valence-corrected chi connectivity index (χ4v) is 2.90. The third-order valence-electron chi connectivity index (χ3n) is 3.55. The number of ketones is 1. The lowest BCUT2D eigenvalue weighted by Crippen LogP contribution is -2.14. The van der Waals surface area contributed by atoms with Crippen molar-refractivity contribution in [2.75, 3.05) is 6.54 Å². The van der Waals surface area contributed by atoms with E-state index in [9.17, 15) is 4.79 Å². The normalized spacial score (nSPS) is 17.1. The first-order valence-electron chi connectivity index (χ1n) is 6.25. The van der Waals surface area contributed by atoms with Gasteiger partial charge in [0.2, 0.25) is 0 Å². The summed E-state index contributed by atoms with van der Waals surface area (Å²) < 4.78 is 0. The third-order valence-corrected chi connectivity index (χ3v) is 3.88. The molecule has 0 heterocycles. The van der Waals surface area contributed by atoms with Crippen LogP contribution in [0.3, 0.4) is 0 Å². The molecule has 17 heavy (non-hydrogen) atoms. The molecule has 1 fully saturated rings. The fraction of sp³-hybridized carbons (Fsp3) is 0.500. The van der Waals surface area contributed by atoms with E-state index in [0.29, 0.717) is 11.5 Å². The van der Waals surface area contributed by atoms with Crippen LogP contribution in [0.2, 0.25) is 5.02 Å². The summed E-state index contributed by atoms with van der Waals surface area (Å²) in [4.78, 5) is 11.5. The second-order valence-electron chi connectivity index (χ2n) is 4.70. The smallest absolute Gasteiger partial charge is 0.176 e. The highest BCUT2D eigenvalue weighted by Gasteiger charge is 2.18. The van der Waals surface area contributed by atoms with Crippen LogP contribution in [0.1, 0.15) is 53.9 Å². The quantitative estimate of drug-likeness (QED) is 0.836. The van der Waals surface area contributed by atoms with Gasteiger partial charge in [-0.1, -0.05) is 43.0 Å². The van der Waals surface area contributed by atoms with E-state index < -0.39 is 0 Å². The molecule has 1 aromatic rings. The molecular formula is C14H18ClNO. The predicted octanol–water partition coefficient (Wildman–Crippen LogP) is 3.53. The van der Waals surface area contributed by atoms with Gasteiger partial charge in [0.1, 0.15) is 0 Å². The van der Waals surface area contributed by atoms with Crippen molar-refractivity contribution in [1.82, 2.24) is 0 Å². The average Bonchev–Trinajstić information content (AvgIpc) is 2.38. The summed E-state index contributed by atoms with van der Waals surface area (Å²) in [5.74, 6) is 0.514. The monoisotopic (exact) mass is 251 g/mol. The maximum Gasteiger partial charge on any atom is 0.176 e. The Morgan fingerprint density at radius 2 is 2.00 bits per heavy atom. The molecule has 0 amide bonds. The number of carbonyl (C=O) groups excluding carboxylic acids is 1. The molecule has 0 radical (unpaired) electrons. The number of benzene rings is 1. The minimum atomic E-state index is -0.0536. The van der Waals surface area contributed by atoms with Gasteiger partial charge in [-0.25, -0.2) is 0 Å². The second-order valence-corrected chi connectivity index (χ2v) is 5.11. The van der Waals surface area contributed by atoms with Gasteiger partial charge in [0.25, 0.3) is 0 Å². The Kier molecular flexibility index (Phi) is 4.19. The molecule has 0 spiro atoms. The molecule has 3 heteroatoms. The Hall–Kier alpha value is -0.860. The topological polar surface area (TPSA) is 43.1 Å². The summed E-state index contributed by atoms with van der Waals surface area (Å²) in [5, 5.41) is 0.719. The van der Waals surface area contributed by atoms with E-state index in [1.54, 1.807) is 6.07 Å². The van der Waals surface area contributed by atoms with Gasteiger partial charge in [-0.2, -0.15) is 0 Å². The number of hydrogen-bond acceptors (Lipinski definition) is 2. The molecule has 1 aliphatic rings. The maximum atomic E-state index is 11.5. The van der Waals surface area contributed by atoms with Crippen molar-refractivity contribution in [1.29, 1.82) is 0 Å². The van der Waals surface area contributed by atoms with Crippen molar-refractivity contribution in [3.63, 3.8) is 0 Å². The molecule has 92 valence electrons. The van der Waals surface area contributed by atoms with E-state index in [0.717, 1.165) is 5.02 Å². The Morgan fingerprint density at radius 1 is 1.29 bits per heavy atom. The van der Waals surface area contributed by atoms with Gasteiger partial charge in [0, 0.05) is 10.6 Å². The molecule has 2 rings (SSSR count). The minimum Gasteiger partial charge on any atom is -0.324 e. The molecular weight excluding hydrogens is 234 g/mol. The van der Waals surface area contributed by atoms with Gasteiger partial charge in [0.05, 0.1) is 6.54 Å². The van der Waals surface area contributed by atoms with Crippen LogP contribution in [0.5, 0.6) is 0 Å². The number of nitrogens with two attached hydrogens (primary N) is 1. The summed E-state index contributed by atoms with van der Waals surface area (Å²) in [6, 6.07) is 5.62. The molecule has 0 saturated heterocycles. The average molecular weight is 252 g/mol. The molecule has 2 N–H and O–H groups in total. The first kappa shape index (κ1) is 12.6. The number of hydrogen-bond donors (Lipinski definition) is 1. The molecule has 1 aromatic carbocycles. The molecule has 1 saturated carbocycles. The molecule has 0 unspecified atom stereocenters. The number of rotatable bonds is 3. The van der Waals surface area contributed by atoms with E-state index >= 15 is 0 Å². The van der Waals surface area contributed by atoms with E-state index in [1.807, 2.05) is 12.1 Å². The van der Waals surface area contributed by atoms with Gasteiger partial charge >= 0.3 is 0 Å². The number of Topliss-reactive ketones (excluding diaryl/α,β-unsaturated/α-hetero) is 1. The molecule has 0 atom stereocenters. The first-order chi connectivity index (χ1) is 8.22. The zero-order valence-corrected chi connectivity index (χ0v) is 10.7. The molecule has 1 aliphatic carbocycles. The van der Waals surface area contributed by atoms with Crippen LogP contribution in [0.4, 0.5) is 0 Å². The molecule has 0 bridgehead atoms. The van der Waals surface area contributed by atoms with Crippen molar-refractivity contribution in [2.45, 2.75) is 38.0 Å². The minimum absolute atomic E-state index is 0.0408. The van der Waals surface area contributed by atoms with E-state index in [-0.39, 0.29) is 12.3 Å². The highest BCUT2D eigenvalue weighted by molar-refractivity contribution is 6.31. The Balaban J connectivity index is 2.21. The van der Waals surface area contributed by atoms with Crippen LogP contribution in [0.25, 0.3) is 0 Å². The Labute approximate surface area is 107 Å². The summed E-state index contributed by atoms with van der Waals surface area (Å²) >= 11 is 6.27. The largest absolute Gasteiger partial charge is 0.324 e. The zero-order valence-electron chi connectivity index (χ0n) is 9.92. The Bertz CT molecular complexity index is 411. The highest BCUT2D eigenvalue weighted by atomic mass is 35.5. The zero-order chi connectivity index (χ0) is 12.3. The Morgan fingerprint density at radius 3 is 2.59 bits per heavy atom. The third kappa shape index (κ3) is 2.88. The molecule has 0 aromatic heterocycles. The predicted molar refractivity (Wildman–Crippen MR) is 70.7 cm³/mol. The summed E-state index contributed by atoms with van der Waals surface area (Å²) in [7, 11) is 0.